The third-order valence-corrected chi connectivity index (χ3v) is 3.03. The fraction of sp³-hybridized carbons (Fsp3) is 0.154. The van der Waals surface area contributed by atoms with Gasteiger partial charge in [-0.3, -0.25) is 4.40 Å². The van der Waals surface area contributed by atoms with Gasteiger partial charge in [0.25, 0.3) is 0 Å². The second kappa shape index (κ2) is 4.07. The average Bonchev–Trinajstić information content (AvgIpc) is 2.73. The van der Waals surface area contributed by atoms with E-state index >= 15 is 0 Å². The van der Waals surface area contributed by atoms with Crippen LogP contribution in [0.3, 0.4) is 0 Å². The molecule has 0 spiro atoms. The van der Waals surface area contributed by atoms with E-state index in [1.165, 1.54) is 11.1 Å². The lowest BCUT2D eigenvalue weighted by Gasteiger charge is -2.03. The number of aryl methyl sites for hydroxylation is 2. The minimum atomic E-state index is 0.362. The molecule has 90 valence electrons. The Morgan fingerprint density at radius 1 is 1.06 bits per heavy atom. The van der Waals surface area contributed by atoms with Crippen molar-refractivity contribution in [3.05, 3.63) is 46.9 Å². The monoisotopic (exact) mass is 258 g/mol. The zero-order valence-corrected chi connectivity index (χ0v) is 10.8. The zero-order chi connectivity index (χ0) is 12.7. The van der Waals surface area contributed by atoms with Gasteiger partial charge in [0, 0.05) is 18.0 Å². The lowest BCUT2D eigenvalue weighted by atomic mass is 10.1. The van der Waals surface area contributed by atoms with Crippen LogP contribution in [0.5, 0.6) is 0 Å². The molecule has 2 aromatic heterocycles. The summed E-state index contributed by atoms with van der Waals surface area (Å²) in [5.74, 6) is 0.779. The van der Waals surface area contributed by atoms with Gasteiger partial charge in [0.2, 0.25) is 0 Å². The summed E-state index contributed by atoms with van der Waals surface area (Å²) in [7, 11) is 0. The molecule has 5 heteroatoms. The van der Waals surface area contributed by atoms with Gasteiger partial charge < -0.3 is 0 Å². The van der Waals surface area contributed by atoms with Gasteiger partial charge in [0.1, 0.15) is 0 Å². The van der Waals surface area contributed by atoms with E-state index in [4.69, 9.17) is 11.6 Å². The highest BCUT2D eigenvalue weighted by atomic mass is 35.5. The van der Waals surface area contributed by atoms with Crippen molar-refractivity contribution in [1.29, 1.82) is 0 Å². The first-order valence-electron chi connectivity index (χ1n) is 5.59. The number of hydrogen-bond donors (Lipinski definition) is 0. The van der Waals surface area contributed by atoms with Crippen LogP contribution in [0.25, 0.3) is 17.0 Å². The molecule has 18 heavy (non-hydrogen) atoms. The van der Waals surface area contributed by atoms with Crippen molar-refractivity contribution in [2.75, 3.05) is 0 Å². The molecule has 1 aromatic carbocycles. The van der Waals surface area contributed by atoms with Crippen LogP contribution in [0.1, 0.15) is 11.1 Å². The maximum Gasteiger partial charge on any atom is 0.198 e. The van der Waals surface area contributed by atoms with Gasteiger partial charge in [-0.15, -0.1) is 10.2 Å². The number of aromatic nitrogens is 4. The molecule has 0 aliphatic rings. The Labute approximate surface area is 109 Å². The normalized spacial score (nSPS) is 11.1. The number of nitrogens with zero attached hydrogens (tertiary/aromatic N) is 4. The fourth-order valence-electron chi connectivity index (χ4n) is 2.10. The first-order valence-corrected chi connectivity index (χ1v) is 5.97. The second-order valence-electron chi connectivity index (χ2n) is 4.31. The van der Waals surface area contributed by atoms with Crippen LogP contribution in [-0.2, 0) is 0 Å². The third-order valence-electron chi connectivity index (χ3n) is 2.76. The molecule has 0 saturated heterocycles. The average molecular weight is 259 g/mol. The number of rotatable bonds is 1. The fourth-order valence-corrected chi connectivity index (χ4v) is 2.28. The van der Waals surface area contributed by atoms with Crippen LogP contribution in [0.4, 0.5) is 0 Å². The number of fused-ring (bicyclic) bond motifs is 1. The van der Waals surface area contributed by atoms with Gasteiger partial charge in [-0.1, -0.05) is 28.8 Å². The molecule has 0 fully saturated rings. The van der Waals surface area contributed by atoms with Crippen LogP contribution < -0.4 is 0 Å². The highest BCUT2D eigenvalue weighted by Gasteiger charge is 2.11. The Morgan fingerprint density at radius 2 is 1.78 bits per heavy atom. The molecule has 0 amide bonds. The smallest absolute Gasteiger partial charge is 0.198 e. The Hall–Kier alpha value is -1.94. The molecule has 0 N–H and O–H groups in total. The Balaban J connectivity index is 2.29. The summed E-state index contributed by atoms with van der Waals surface area (Å²) in [5, 5.41) is 8.63. The molecule has 3 rings (SSSR count). The van der Waals surface area contributed by atoms with Crippen molar-refractivity contribution in [3.8, 4) is 11.4 Å². The molecule has 2 heterocycles. The molecule has 3 aromatic rings. The summed E-state index contributed by atoms with van der Waals surface area (Å²) >= 11 is 5.99. The van der Waals surface area contributed by atoms with Crippen molar-refractivity contribution in [1.82, 2.24) is 19.6 Å². The van der Waals surface area contributed by atoms with E-state index in [0.717, 1.165) is 11.4 Å². The molecule has 0 aliphatic carbocycles. The van der Waals surface area contributed by atoms with Crippen LogP contribution >= 0.6 is 11.6 Å². The van der Waals surface area contributed by atoms with E-state index in [0.29, 0.717) is 10.8 Å². The molecule has 0 saturated carbocycles. The standard InChI is InChI=1S/C13H11ClN4/c1-8-5-9(2)7-10(6-8)12-16-17-13-11(14)15-3-4-18(12)13/h3-7H,1-2H3. The van der Waals surface area contributed by atoms with E-state index in [1.54, 1.807) is 6.20 Å². The summed E-state index contributed by atoms with van der Waals surface area (Å²) in [4.78, 5) is 3.99. The third kappa shape index (κ3) is 1.75. The van der Waals surface area contributed by atoms with E-state index < -0.39 is 0 Å². The van der Waals surface area contributed by atoms with Gasteiger partial charge >= 0.3 is 0 Å². The summed E-state index contributed by atoms with van der Waals surface area (Å²) in [5.41, 5.74) is 4.00. The molecule has 0 bridgehead atoms. The minimum absolute atomic E-state index is 0.362. The quantitative estimate of drug-likeness (QED) is 0.674. The van der Waals surface area contributed by atoms with Gasteiger partial charge in [-0.05, 0) is 26.0 Å². The largest absolute Gasteiger partial charge is 0.278 e. The maximum atomic E-state index is 5.99. The predicted octanol–water partition coefficient (Wildman–Crippen LogP) is 3.06. The Kier molecular flexibility index (Phi) is 2.52. The lowest BCUT2D eigenvalue weighted by molar-refractivity contribution is 1.11. The van der Waals surface area contributed by atoms with Gasteiger partial charge in [0.15, 0.2) is 16.6 Å². The van der Waals surface area contributed by atoms with Crippen LogP contribution in [0.15, 0.2) is 30.6 Å². The second-order valence-corrected chi connectivity index (χ2v) is 4.67. The summed E-state index contributed by atoms with van der Waals surface area (Å²) in [6, 6.07) is 6.29. The lowest BCUT2D eigenvalue weighted by Crippen LogP contribution is -1.92. The van der Waals surface area contributed by atoms with Crippen molar-refractivity contribution in [2.45, 2.75) is 13.8 Å². The molecule has 0 radical (unpaired) electrons. The Morgan fingerprint density at radius 3 is 2.50 bits per heavy atom. The topological polar surface area (TPSA) is 43.1 Å². The van der Waals surface area contributed by atoms with Crippen LogP contribution in [-0.4, -0.2) is 19.6 Å². The van der Waals surface area contributed by atoms with Crippen molar-refractivity contribution in [3.63, 3.8) is 0 Å². The van der Waals surface area contributed by atoms with Crippen molar-refractivity contribution >= 4 is 17.2 Å². The maximum absolute atomic E-state index is 5.99. The van der Waals surface area contributed by atoms with Gasteiger partial charge in [0.05, 0.1) is 0 Å². The van der Waals surface area contributed by atoms with Gasteiger partial charge in [-0.2, -0.15) is 0 Å². The highest BCUT2D eigenvalue weighted by molar-refractivity contribution is 6.32. The van der Waals surface area contributed by atoms with E-state index in [9.17, 15) is 0 Å². The summed E-state index contributed by atoms with van der Waals surface area (Å²) in [6.45, 7) is 4.13. The zero-order valence-electron chi connectivity index (χ0n) is 10.1. The van der Waals surface area contributed by atoms with Crippen LogP contribution in [0, 0.1) is 13.8 Å². The summed E-state index contributed by atoms with van der Waals surface area (Å²) < 4.78 is 1.85. The molecule has 0 aliphatic heterocycles. The minimum Gasteiger partial charge on any atom is -0.278 e. The molecule has 0 unspecified atom stereocenters. The van der Waals surface area contributed by atoms with E-state index in [2.05, 4.69) is 47.2 Å². The first-order chi connectivity index (χ1) is 8.65. The molecule has 0 atom stereocenters. The van der Waals surface area contributed by atoms with E-state index in [1.807, 2.05) is 10.6 Å². The van der Waals surface area contributed by atoms with Crippen molar-refractivity contribution in [2.24, 2.45) is 0 Å². The number of benzene rings is 1. The summed E-state index contributed by atoms with van der Waals surface area (Å²) in [6.07, 6.45) is 3.46. The predicted molar refractivity (Wildman–Crippen MR) is 70.7 cm³/mol. The van der Waals surface area contributed by atoms with Gasteiger partial charge in [-0.25, -0.2) is 4.98 Å². The van der Waals surface area contributed by atoms with Crippen LogP contribution in [0.2, 0.25) is 5.15 Å². The molecular formula is C13H11ClN4. The first kappa shape index (κ1) is 11.2. The number of halogens is 1. The molecular weight excluding hydrogens is 248 g/mol. The SMILES string of the molecule is Cc1cc(C)cc(-c2nnc3c(Cl)nccn23)c1. The number of hydrogen-bond acceptors (Lipinski definition) is 3. The van der Waals surface area contributed by atoms with Crippen molar-refractivity contribution < 1.29 is 0 Å². The van der Waals surface area contributed by atoms with E-state index in [-0.39, 0.29) is 0 Å². The molecule has 4 nitrogen and oxygen atoms in total. The Bertz CT molecular complexity index is 713. The highest BCUT2D eigenvalue weighted by Crippen LogP contribution is 2.22.